The van der Waals surface area contributed by atoms with Crippen LogP contribution in [-0.2, 0) is 0 Å². The van der Waals surface area contributed by atoms with Crippen molar-refractivity contribution in [2.75, 3.05) is 13.1 Å². The van der Waals surface area contributed by atoms with Gasteiger partial charge in [0, 0.05) is 6.04 Å². The topological polar surface area (TPSA) is 38.0 Å². The first-order chi connectivity index (χ1) is 5.31. The van der Waals surface area contributed by atoms with E-state index in [-0.39, 0.29) is 0 Å². The van der Waals surface area contributed by atoms with Crippen molar-refractivity contribution < 1.29 is 0 Å². The molecule has 0 saturated carbocycles. The van der Waals surface area contributed by atoms with Crippen LogP contribution in [0.3, 0.4) is 0 Å². The van der Waals surface area contributed by atoms with Crippen LogP contribution in [0.1, 0.15) is 39.5 Å². The fourth-order valence-electron chi connectivity index (χ4n) is 0.918. The van der Waals surface area contributed by atoms with Gasteiger partial charge in [-0.1, -0.05) is 20.3 Å². The molecule has 1 unspecified atom stereocenters. The monoisotopic (exact) mass is 158 g/mol. The Labute approximate surface area is 70.5 Å². The minimum atomic E-state index is 0.393. The van der Waals surface area contributed by atoms with Crippen molar-refractivity contribution in [1.82, 2.24) is 5.32 Å². The molecule has 1 atom stereocenters. The van der Waals surface area contributed by atoms with E-state index in [1.54, 1.807) is 0 Å². The summed E-state index contributed by atoms with van der Waals surface area (Å²) in [6, 6.07) is 0.393. The van der Waals surface area contributed by atoms with Crippen LogP contribution >= 0.6 is 0 Å². The highest BCUT2D eigenvalue weighted by Crippen LogP contribution is 1.91. The highest BCUT2D eigenvalue weighted by Gasteiger charge is 1.96. The fraction of sp³-hybridized carbons (Fsp3) is 1.00. The van der Waals surface area contributed by atoms with Gasteiger partial charge >= 0.3 is 0 Å². The number of hydrogen-bond acceptors (Lipinski definition) is 2. The molecule has 68 valence electrons. The van der Waals surface area contributed by atoms with Crippen LogP contribution < -0.4 is 11.1 Å². The van der Waals surface area contributed by atoms with Gasteiger partial charge in [0.15, 0.2) is 0 Å². The van der Waals surface area contributed by atoms with Crippen LogP contribution in [0.4, 0.5) is 0 Å². The van der Waals surface area contributed by atoms with E-state index in [1.165, 1.54) is 12.8 Å². The molecule has 0 rings (SSSR count). The molecular formula is C9H22N2. The standard InChI is InChI=1S/C9H22N2/c1-3-5-7-11-8-6-9(10)4-2/h9,11H,3-8,10H2,1-2H3. The smallest absolute Gasteiger partial charge is 0.00482 e. The highest BCUT2D eigenvalue weighted by molar-refractivity contribution is 4.59. The molecule has 0 heterocycles. The summed E-state index contributed by atoms with van der Waals surface area (Å²) in [6.07, 6.45) is 4.75. The molecule has 0 aromatic rings. The summed E-state index contributed by atoms with van der Waals surface area (Å²) in [6.45, 7) is 6.57. The van der Waals surface area contributed by atoms with Crippen molar-refractivity contribution in [2.24, 2.45) is 5.73 Å². The minimum Gasteiger partial charge on any atom is -0.328 e. The number of unbranched alkanes of at least 4 members (excludes halogenated alkanes) is 1. The second kappa shape index (κ2) is 8.02. The average Bonchev–Trinajstić information content (AvgIpc) is 2.04. The van der Waals surface area contributed by atoms with E-state index < -0.39 is 0 Å². The van der Waals surface area contributed by atoms with E-state index >= 15 is 0 Å². The van der Waals surface area contributed by atoms with E-state index in [4.69, 9.17) is 5.73 Å². The van der Waals surface area contributed by atoms with Crippen LogP contribution in [0, 0.1) is 0 Å². The largest absolute Gasteiger partial charge is 0.328 e. The molecule has 2 nitrogen and oxygen atoms in total. The van der Waals surface area contributed by atoms with Gasteiger partial charge in [0.2, 0.25) is 0 Å². The van der Waals surface area contributed by atoms with Gasteiger partial charge < -0.3 is 11.1 Å². The zero-order valence-corrected chi connectivity index (χ0v) is 7.90. The fourth-order valence-corrected chi connectivity index (χ4v) is 0.918. The van der Waals surface area contributed by atoms with Crippen LogP contribution in [0.15, 0.2) is 0 Å². The zero-order valence-electron chi connectivity index (χ0n) is 7.90. The highest BCUT2D eigenvalue weighted by atomic mass is 14.8. The molecule has 0 fully saturated rings. The first-order valence-corrected chi connectivity index (χ1v) is 4.77. The first kappa shape index (κ1) is 10.9. The maximum atomic E-state index is 5.75. The summed E-state index contributed by atoms with van der Waals surface area (Å²) < 4.78 is 0. The second-order valence-corrected chi connectivity index (χ2v) is 3.06. The lowest BCUT2D eigenvalue weighted by Crippen LogP contribution is -2.26. The Hall–Kier alpha value is -0.0800. The molecule has 0 aromatic carbocycles. The van der Waals surface area contributed by atoms with Gasteiger partial charge in [-0.15, -0.1) is 0 Å². The molecule has 0 aliphatic carbocycles. The van der Waals surface area contributed by atoms with Gasteiger partial charge in [-0.2, -0.15) is 0 Å². The van der Waals surface area contributed by atoms with E-state index in [0.29, 0.717) is 6.04 Å². The Morgan fingerprint density at radius 1 is 1.27 bits per heavy atom. The molecule has 0 aromatic heterocycles. The Morgan fingerprint density at radius 2 is 2.00 bits per heavy atom. The summed E-state index contributed by atoms with van der Waals surface area (Å²) in [5.41, 5.74) is 5.75. The van der Waals surface area contributed by atoms with Gasteiger partial charge in [-0.3, -0.25) is 0 Å². The summed E-state index contributed by atoms with van der Waals surface area (Å²) in [4.78, 5) is 0. The number of nitrogens with two attached hydrogens (primary N) is 1. The Kier molecular flexibility index (Phi) is 7.96. The quantitative estimate of drug-likeness (QED) is 0.551. The number of rotatable bonds is 7. The third kappa shape index (κ3) is 7.82. The SMILES string of the molecule is CCCCNCCC(N)CC. The second-order valence-electron chi connectivity index (χ2n) is 3.06. The molecule has 3 N–H and O–H groups in total. The van der Waals surface area contributed by atoms with Crippen LogP contribution in [-0.4, -0.2) is 19.1 Å². The molecule has 11 heavy (non-hydrogen) atoms. The van der Waals surface area contributed by atoms with Crippen LogP contribution in [0.2, 0.25) is 0 Å². The predicted octanol–water partition coefficient (Wildman–Crippen LogP) is 1.50. The van der Waals surface area contributed by atoms with E-state index in [1.807, 2.05) is 0 Å². The van der Waals surface area contributed by atoms with Gasteiger partial charge in [0.1, 0.15) is 0 Å². The van der Waals surface area contributed by atoms with Crippen molar-refractivity contribution in [2.45, 2.75) is 45.6 Å². The molecule has 2 heteroatoms. The van der Waals surface area contributed by atoms with E-state index in [9.17, 15) is 0 Å². The summed E-state index contributed by atoms with van der Waals surface area (Å²) >= 11 is 0. The molecule has 0 amide bonds. The van der Waals surface area contributed by atoms with Crippen molar-refractivity contribution in [1.29, 1.82) is 0 Å². The molecule has 0 saturated heterocycles. The average molecular weight is 158 g/mol. The molecule has 0 bridgehead atoms. The van der Waals surface area contributed by atoms with E-state index in [2.05, 4.69) is 19.2 Å². The molecule has 0 aliphatic rings. The predicted molar refractivity (Wildman–Crippen MR) is 50.7 cm³/mol. The summed E-state index contributed by atoms with van der Waals surface area (Å²) in [7, 11) is 0. The van der Waals surface area contributed by atoms with Gasteiger partial charge in [0.05, 0.1) is 0 Å². The first-order valence-electron chi connectivity index (χ1n) is 4.77. The van der Waals surface area contributed by atoms with E-state index in [0.717, 1.165) is 25.9 Å². The van der Waals surface area contributed by atoms with Crippen LogP contribution in [0.25, 0.3) is 0 Å². The maximum Gasteiger partial charge on any atom is 0.00482 e. The Bertz CT molecular complexity index is 74.0. The van der Waals surface area contributed by atoms with Crippen molar-refractivity contribution in [3.8, 4) is 0 Å². The van der Waals surface area contributed by atoms with Gasteiger partial charge in [-0.05, 0) is 32.4 Å². The third-order valence-electron chi connectivity index (χ3n) is 1.92. The maximum absolute atomic E-state index is 5.75. The van der Waals surface area contributed by atoms with Crippen molar-refractivity contribution in [3.05, 3.63) is 0 Å². The van der Waals surface area contributed by atoms with Gasteiger partial charge in [-0.25, -0.2) is 0 Å². The van der Waals surface area contributed by atoms with Crippen molar-refractivity contribution in [3.63, 3.8) is 0 Å². The summed E-state index contributed by atoms with van der Waals surface area (Å²) in [5, 5.41) is 3.37. The Balaban J connectivity index is 2.89. The summed E-state index contributed by atoms with van der Waals surface area (Å²) in [5.74, 6) is 0. The van der Waals surface area contributed by atoms with Crippen LogP contribution in [0.5, 0.6) is 0 Å². The number of nitrogens with one attached hydrogen (secondary N) is 1. The molecule has 0 spiro atoms. The lowest BCUT2D eigenvalue weighted by atomic mass is 10.2. The van der Waals surface area contributed by atoms with Gasteiger partial charge in [0.25, 0.3) is 0 Å². The minimum absolute atomic E-state index is 0.393. The molecule has 0 radical (unpaired) electrons. The molecule has 0 aliphatic heterocycles. The lowest BCUT2D eigenvalue weighted by Gasteiger charge is -2.08. The third-order valence-corrected chi connectivity index (χ3v) is 1.92. The lowest BCUT2D eigenvalue weighted by molar-refractivity contribution is 0.542. The molecular weight excluding hydrogens is 136 g/mol. The zero-order chi connectivity index (χ0) is 8.53. The van der Waals surface area contributed by atoms with Crippen molar-refractivity contribution >= 4 is 0 Å². The Morgan fingerprint density at radius 3 is 2.55 bits per heavy atom. The normalized spacial score (nSPS) is 13.4. The number of hydrogen-bond donors (Lipinski definition) is 2.